The van der Waals surface area contributed by atoms with Gasteiger partial charge in [-0.25, -0.2) is 0 Å². The van der Waals surface area contributed by atoms with E-state index in [0.29, 0.717) is 22.7 Å². The number of hydrogen-bond acceptors (Lipinski definition) is 4. The zero-order chi connectivity index (χ0) is 12.3. The summed E-state index contributed by atoms with van der Waals surface area (Å²) in [4.78, 5) is 25.8. The summed E-state index contributed by atoms with van der Waals surface area (Å²) < 4.78 is 0. The number of thiazole rings is 1. The van der Waals surface area contributed by atoms with Gasteiger partial charge in [-0.1, -0.05) is 23.5 Å². The summed E-state index contributed by atoms with van der Waals surface area (Å²) in [5.41, 5.74) is 1.22. The van der Waals surface area contributed by atoms with Crippen LogP contribution in [0.15, 0.2) is 39.3 Å². The molecule has 0 saturated heterocycles. The molecule has 0 radical (unpaired) electrons. The molecule has 6 heteroatoms. The van der Waals surface area contributed by atoms with Crippen LogP contribution in [0.25, 0.3) is 0 Å². The van der Waals surface area contributed by atoms with E-state index in [1.165, 1.54) is 0 Å². The van der Waals surface area contributed by atoms with Crippen molar-refractivity contribution in [3.8, 4) is 0 Å². The number of hydrogen-bond donors (Lipinski definition) is 3. The van der Waals surface area contributed by atoms with Crippen LogP contribution in [-0.2, 0) is 6.54 Å². The van der Waals surface area contributed by atoms with Crippen LogP contribution in [0.2, 0.25) is 0 Å². The van der Waals surface area contributed by atoms with E-state index in [2.05, 4.69) is 22.9 Å². The van der Waals surface area contributed by atoms with Gasteiger partial charge in [0.15, 0.2) is 0 Å². The molecular weight excluding hydrogens is 256 g/mol. The first-order chi connectivity index (χ1) is 8.16. The Morgan fingerprint density at radius 1 is 1.41 bits per heavy atom. The van der Waals surface area contributed by atoms with E-state index in [4.69, 9.17) is 0 Å². The van der Waals surface area contributed by atoms with E-state index in [0.717, 1.165) is 11.3 Å². The van der Waals surface area contributed by atoms with Crippen molar-refractivity contribution >= 4 is 29.9 Å². The highest BCUT2D eigenvalue weighted by atomic mass is 32.1. The summed E-state index contributed by atoms with van der Waals surface area (Å²) in [7, 11) is 0. The Morgan fingerprint density at radius 3 is 2.82 bits per heavy atom. The van der Waals surface area contributed by atoms with Gasteiger partial charge in [0.2, 0.25) is 0 Å². The van der Waals surface area contributed by atoms with Crippen molar-refractivity contribution < 1.29 is 4.79 Å². The molecule has 88 valence electrons. The van der Waals surface area contributed by atoms with Crippen molar-refractivity contribution in [3.05, 3.63) is 50.6 Å². The third-order valence-corrected chi connectivity index (χ3v) is 3.27. The SMILES string of the molecule is O=C(NCc1csc(=O)[nH]1)c1ccccc1S. The number of aromatic amines is 1. The van der Waals surface area contributed by atoms with Gasteiger partial charge in [-0.15, -0.1) is 12.6 Å². The van der Waals surface area contributed by atoms with Crippen molar-refractivity contribution in [1.82, 2.24) is 10.3 Å². The van der Waals surface area contributed by atoms with Gasteiger partial charge < -0.3 is 10.3 Å². The molecular formula is C11H10N2O2S2. The normalized spacial score (nSPS) is 10.2. The number of carbonyl (C=O) groups is 1. The van der Waals surface area contributed by atoms with Crippen LogP contribution in [0, 0.1) is 0 Å². The first kappa shape index (κ1) is 11.9. The average Bonchev–Trinajstić information content (AvgIpc) is 2.73. The predicted octanol–water partition coefficient (Wildman–Crippen LogP) is 1.66. The molecule has 1 aromatic carbocycles. The number of H-pyrrole nitrogens is 1. The summed E-state index contributed by atoms with van der Waals surface area (Å²) in [5.74, 6) is -0.206. The Morgan fingerprint density at radius 2 is 2.18 bits per heavy atom. The van der Waals surface area contributed by atoms with E-state index in [1.807, 2.05) is 6.07 Å². The quantitative estimate of drug-likeness (QED) is 0.740. The van der Waals surface area contributed by atoms with E-state index in [9.17, 15) is 9.59 Å². The van der Waals surface area contributed by atoms with Gasteiger partial charge in [-0.3, -0.25) is 9.59 Å². The van der Waals surface area contributed by atoms with Crippen LogP contribution >= 0.6 is 24.0 Å². The van der Waals surface area contributed by atoms with Gasteiger partial charge in [0.05, 0.1) is 12.1 Å². The van der Waals surface area contributed by atoms with Crippen LogP contribution in [-0.4, -0.2) is 10.9 Å². The smallest absolute Gasteiger partial charge is 0.304 e. The Hall–Kier alpha value is -1.53. The molecule has 0 bridgehead atoms. The number of aromatic nitrogens is 1. The molecule has 1 amide bonds. The first-order valence-corrected chi connectivity index (χ1v) is 6.22. The molecule has 1 heterocycles. The maximum Gasteiger partial charge on any atom is 0.304 e. The first-order valence-electron chi connectivity index (χ1n) is 4.89. The highest BCUT2D eigenvalue weighted by Gasteiger charge is 2.08. The second-order valence-corrected chi connectivity index (χ2v) is 4.70. The van der Waals surface area contributed by atoms with Crippen molar-refractivity contribution in [2.75, 3.05) is 0 Å². The average molecular weight is 266 g/mol. The molecule has 4 nitrogen and oxygen atoms in total. The Bertz CT molecular complexity index is 589. The predicted molar refractivity (Wildman–Crippen MR) is 69.8 cm³/mol. The third kappa shape index (κ3) is 2.98. The maximum absolute atomic E-state index is 11.8. The van der Waals surface area contributed by atoms with E-state index in [-0.39, 0.29) is 10.8 Å². The van der Waals surface area contributed by atoms with Crippen molar-refractivity contribution in [1.29, 1.82) is 0 Å². The standard InChI is InChI=1S/C11H10N2O2S2/c14-10(8-3-1-2-4-9(8)16)12-5-7-6-17-11(15)13-7/h1-4,6,16H,5H2,(H,12,14)(H,13,15). The lowest BCUT2D eigenvalue weighted by atomic mass is 10.2. The monoisotopic (exact) mass is 266 g/mol. The number of amides is 1. The molecule has 0 aliphatic heterocycles. The molecule has 0 atom stereocenters. The molecule has 0 aliphatic rings. The zero-order valence-electron chi connectivity index (χ0n) is 8.77. The van der Waals surface area contributed by atoms with E-state index in [1.54, 1.807) is 23.6 Å². The fourth-order valence-corrected chi connectivity index (χ4v) is 2.18. The van der Waals surface area contributed by atoms with Gasteiger partial charge in [0, 0.05) is 16.0 Å². The molecule has 0 aliphatic carbocycles. The number of benzene rings is 1. The topological polar surface area (TPSA) is 62.0 Å². The van der Waals surface area contributed by atoms with Crippen LogP contribution in [0.4, 0.5) is 0 Å². The largest absolute Gasteiger partial charge is 0.346 e. The number of thiol groups is 1. The summed E-state index contributed by atoms with van der Waals surface area (Å²) in [6, 6.07) is 7.05. The maximum atomic E-state index is 11.8. The molecule has 0 spiro atoms. The molecule has 0 unspecified atom stereocenters. The van der Waals surface area contributed by atoms with Gasteiger partial charge in [0.25, 0.3) is 5.91 Å². The fraction of sp³-hybridized carbons (Fsp3) is 0.0909. The van der Waals surface area contributed by atoms with Crippen LogP contribution in [0.3, 0.4) is 0 Å². The van der Waals surface area contributed by atoms with Gasteiger partial charge >= 0.3 is 4.87 Å². The number of carbonyl (C=O) groups excluding carboxylic acids is 1. The van der Waals surface area contributed by atoms with Crippen LogP contribution in [0.1, 0.15) is 16.1 Å². The molecule has 2 rings (SSSR count). The molecule has 0 fully saturated rings. The highest BCUT2D eigenvalue weighted by molar-refractivity contribution is 7.80. The fourth-order valence-electron chi connectivity index (χ4n) is 1.34. The zero-order valence-corrected chi connectivity index (χ0v) is 10.5. The number of nitrogens with one attached hydrogen (secondary N) is 2. The Kier molecular flexibility index (Phi) is 3.65. The second kappa shape index (κ2) is 5.20. The van der Waals surface area contributed by atoms with E-state index >= 15 is 0 Å². The Labute approximate surface area is 107 Å². The molecule has 2 N–H and O–H groups in total. The third-order valence-electron chi connectivity index (χ3n) is 2.16. The highest BCUT2D eigenvalue weighted by Crippen LogP contribution is 2.12. The summed E-state index contributed by atoms with van der Waals surface area (Å²) in [6.07, 6.45) is 0. The van der Waals surface area contributed by atoms with Crippen LogP contribution in [0.5, 0.6) is 0 Å². The summed E-state index contributed by atoms with van der Waals surface area (Å²) in [5, 5.41) is 4.41. The van der Waals surface area contributed by atoms with E-state index < -0.39 is 0 Å². The van der Waals surface area contributed by atoms with Gasteiger partial charge in [0.1, 0.15) is 0 Å². The van der Waals surface area contributed by atoms with Crippen molar-refractivity contribution in [2.24, 2.45) is 0 Å². The molecule has 17 heavy (non-hydrogen) atoms. The minimum absolute atomic E-state index is 0.121. The van der Waals surface area contributed by atoms with Crippen molar-refractivity contribution in [2.45, 2.75) is 11.4 Å². The second-order valence-electron chi connectivity index (χ2n) is 3.37. The minimum atomic E-state index is -0.206. The molecule has 2 aromatic rings. The lowest BCUT2D eigenvalue weighted by molar-refractivity contribution is 0.0947. The van der Waals surface area contributed by atoms with Gasteiger partial charge in [-0.05, 0) is 12.1 Å². The van der Waals surface area contributed by atoms with Crippen molar-refractivity contribution in [3.63, 3.8) is 0 Å². The Balaban J connectivity index is 2.03. The van der Waals surface area contributed by atoms with Crippen LogP contribution < -0.4 is 10.2 Å². The lowest BCUT2D eigenvalue weighted by Gasteiger charge is -2.05. The number of rotatable bonds is 3. The lowest BCUT2D eigenvalue weighted by Crippen LogP contribution is -2.23. The minimum Gasteiger partial charge on any atom is -0.346 e. The summed E-state index contributed by atoms with van der Waals surface area (Å²) in [6.45, 7) is 0.305. The molecule has 0 saturated carbocycles. The molecule has 1 aromatic heterocycles. The van der Waals surface area contributed by atoms with Gasteiger partial charge in [-0.2, -0.15) is 0 Å². The summed E-state index contributed by atoms with van der Waals surface area (Å²) >= 11 is 5.28.